The largest absolute Gasteiger partial charge is 0.481 e. The van der Waals surface area contributed by atoms with Crippen LogP contribution in [0.2, 0.25) is 0 Å². The summed E-state index contributed by atoms with van der Waals surface area (Å²) >= 11 is 0. The lowest BCUT2D eigenvalue weighted by molar-refractivity contribution is -0.142. The van der Waals surface area contributed by atoms with Crippen molar-refractivity contribution in [1.82, 2.24) is 10.2 Å². The van der Waals surface area contributed by atoms with Crippen molar-refractivity contribution in [2.24, 2.45) is 11.8 Å². The highest BCUT2D eigenvalue weighted by atomic mass is 16.4. The minimum absolute atomic E-state index is 0.00212. The fraction of sp³-hybridized carbons (Fsp3) is 0.636. The van der Waals surface area contributed by atoms with Crippen LogP contribution in [0.25, 0.3) is 0 Å². The zero-order valence-electron chi connectivity index (χ0n) is 9.64. The monoisotopic (exact) mass is 226 g/mol. The quantitative estimate of drug-likeness (QED) is 0.703. The zero-order valence-corrected chi connectivity index (χ0v) is 9.64. The molecule has 5 heteroatoms. The maximum absolute atomic E-state index is 11.7. The van der Waals surface area contributed by atoms with Gasteiger partial charge in [0, 0.05) is 19.1 Å². The molecule has 5 nitrogen and oxygen atoms in total. The molecule has 1 aliphatic rings. The van der Waals surface area contributed by atoms with E-state index in [0.717, 1.165) is 0 Å². The second-order valence-corrected chi connectivity index (χ2v) is 4.30. The molecule has 0 aromatic rings. The fourth-order valence-corrected chi connectivity index (χ4v) is 1.80. The number of carboxylic acid groups (broad SMARTS) is 1. The van der Waals surface area contributed by atoms with Gasteiger partial charge in [0.05, 0.1) is 5.92 Å². The Morgan fingerprint density at radius 1 is 1.56 bits per heavy atom. The van der Waals surface area contributed by atoms with Gasteiger partial charge in [0.25, 0.3) is 0 Å². The molecule has 0 aromatic heterocycles. The highest BCUT2D eigenvalue weighted by molar-refractivity contribution is 5.78. The molecule has 0 bridgehead atoms. The smallest absolute Gasteiger partial charge is 0.317 e. The van der Waals surface area contributed by atoms with Gasteiger partial charge in [-0.15, -0.1) is 6.58 Å². The molecule has 1 heterocycles. The Morgan fingerprint density at radius 2 is 2.19 bits per heavy atom. The molecule has 3 unspecified atom stereocenters. The molecule has 0 aliphatic carbocycles. The van der Waals surface area contributed by atoms with Crippen LogP contribution in [-0.4, -0.2) is 41.1 Å². The van der Waals surface area contributed by atoms with Crippen LogP contribution in [0.4, 0.5) is 4.79 Å². The van der Waals surface area contributed by atoms with E-state index in [4.69, 9.17) is 5.11 Å². The number of likely N-dealkylation sites (tertiary alicyclic amines) is 1. The molecule has 2 N–H and O–H groups in total. The van der Waals surface area contributed by atoms with Gasteiger partial charge in [0.15, 0.2) is 0 Å². The second kappa shape index (κ2) is 5.01. The lowest BCUT2D eigenvalue weighted by atomic mass is 9.99. The summed E-state index contributed by atoms with van der Waals surface area (Å²) in [6, 6.07) is -0.324. The number of carboxylic acids is 1. The minimum atomic E-state index is -0.834. The molecule has 90 valence electrons. The van der Waals surface area contributed by atoms with Crippen molar-refractivity contribution in [1.29, 1.82) is 0 Å². The van der Waals surface area contributed by atoms with E-state index < -0.39 is 11.9 Å². The Balaban J connectivity index is 2.54. The first-order valence-corrected chi connectivity index (χ1v) is 5.36. The summed E-state index contributed by atoms with van der Waals surface area (Å²) in [4.78, 5) is 24.1. The maximum Gasteiger partial charge on any atom is 0.317 e. The molecule has 1 aliphatic heterocycles. The van der Waals surface area contributed by atoms with E-state index in [-0.39, 0.29) is 24.5 Å². The molecular weight excluding hydrogens is 208 g/mol. The van der Waals surface area contributed by atoms with Crippen molar-refractivity contribution in [3.63, 3.8) is 0 Å². The van der Waals surface area contributed by atoms with Crippen molar-refractivity contribution in [3.05, 3.63) is 12.7 Å². The lowest BCUT2D eigenvalue weighted by Crippen LogP contribution is -2.42. The van der Waals surface area contributed by atoms with Crippen LogP contribution in [0, 0.1) is 11.8 Å². The van der Waals surface area contributed by atoms with Crippen LogP contribution >= 0.6 is 0 Å². The van der Waals surface area contributed by atoms with Gasteiger partial charge < -0.3 is 15.3 Å². The van der Waals surface area contributed by atoms with Crippen molar-refractivity contribution < 1.29 is 14.7 Å². The molecule has 0 aromatic carbocycles. The first-order valence-electron chi connectivity index (χ1n) is 5.36. The van der Waals surface area contributed by atoms with E-state index in [2.05, 4.69) is 11.9 Å². The number of carbonyl (C=O) groups is 2. The highest BCUT2D eigenvalue weighted by Crippen LogP contribution is 2.22. The number of hydrogen-bond donors (Lipinski definition) is 2. The average Bonchev–Trinajstić information content (AvgIpc) is 2.60. The first kappa shape index (κ1) is 12.5. The topological polar surface area (TPSA) is 69.6 Å². The summed E-state index contributed by atoms with van der Waals surface area (Å²) in [5.74, 6) is -1.29. The highest BCUT2D eigenvalue weighted by Gasteiger charge is 2.36. The van der Waals surface area contributed by atoms with Gasteiger partial charge in [-0.2, -0.15) is 0 Å². The predicted octanol–water partition coefficient (Wildman–Crippen LogP) is 0.923. The SMILES string of the molecule is C=CC(C)NC(=O)N1CC(C)C(C(=O)O)C1. The third kappa shape index (κ3) is 2.74. The van der Waals surface area contributed by atoms with Crippen LogP contribution in [0.3, 0.4) is 0 Å². The van der Waals surface area contributed by atoms with Crippen molar-refractivity contribution in [3.8, 4) is 0 Å². The fourth-order valence-electron chi connectivity index (χ4n) is 1.80. The summed E-state index contributed by atoms with van der Waals surface area (Å²) in [7, 11) is 0. The molecule has 16 heavy (non-hydrogen) atoms. The molecule has 1 saturated heterocycles. The normalized spacial score (nSPS) is 26.2. The average molecular weight is 226 g/mol. The Kier molecular flexibility index (Phi) is 3.93. The number of amides is 2. The van der Waals surface area contributed by atoms with Gasteiger partial charge in [-0.05, 0) is 12.8 Å². The maximum atomic E-state index is 11.7. The van der Waals surface area contributed by atoms with Gasteiger partial charge in [-0.25, -0.2) is 4.79 Å². The van der Waals surface area contributed by atoms with E-state index in [1.807, 2.05) is 13.8 Å². The van der Waals surface area contributed by atoms with E-state index >= 15 is 0 Å². The first-order chi connectivity index (χ1) is 7.45. The number of urea groups is 1. The second-order valence-electron chi connectivity index (χ2n) is 4.30. The molecule has 1 rings (SSSR count). The summed E-state index contributed by atoms with van der Waals surface area (Å²) in [5.41, 5.74) is 0. The lowest BCUT2D eigenvalue weighted by Gasteiger charge is -2.18. The van der Waals surface area contributed by atoms with Gasteiger partial charge in [-0.3, -0.25) is 4.79 Å². The molecule has 0 saturated carbocycles. The van der Waals surface area contributed by atoms with Gasteiger partial charge in [-0.1, -0.05) is 13.0 Å². The summed E-state index contributed by atoms with van der Waals surface area (Å²) in [6.45, 7) is 8.02. The van der Waals surface area contributed by atoms with Crippen molar-refractivity contribution in [2.75, 3.05) is 13.1 Å². The van der Waals surface area contributed by atoms with E-state index in [0.29, 0.717) is 6.54 Å². The van der Waals surface area contributed by atoms with Crippen LogP contribution < -0.4 is 5.32 Å². The molecule has 2 amide bonds. The number of nitrogens with zero attached hydrogens (tertiary/aromatic N) is 1. The Hall–Kier alpha value is -1.52. The zero-order chi connectivity index (χ0) is 12.3. The van der Waals surface area contributed by atoms with Crippen molar-refractivity contribution in [2.45, 2.75) is 19.9 Å². The summed E-state index contributed by atoms with van der Waals surface area (Å²) in [6.07, 6.45) is 1.63. The van der Waals surface area contributed by atoms with Crippen LogP contribution in [0.5, 0.6) is 0 Å². The van der Waals surface area contributed by atoms with E-state index in [1.165, 1.54) is 0 Å². The van der Waals surface area contributed by atoms with E-state index in [9.17, 15) is 9.59 Å². The van der Waals surface area contributed by atoms with Gasteiger partial charge in [0.2, 0.25) is 0 Å². The van der Waals surface area contributed by atoms with Crippen LogP contribution in [0.15, 0.2) is 12.7 Å². The number of nitrogens with one attached hydrogen (secondary N) is 1. The molecule has 0 spiro atoms. The number of aliphatic carboxylic acids is 1. The Bertz CT molecular complexity index is 304. The molecule has 0 radical (unpaired) electrons. The van der Waals surface area contributed by atoms with E-state index in [1.54, 1.807) is 11.0 Å². The van der Waals surface area contributed by atoms with Gasteiger partial charge >= 0.3 is 12.0 Å². The third-order valence-electron chi connectivity index (χ3n) is 2.92. The van der Waals surface area contributed by atoms with Gasteiger partial charge in [0.1, 0.15) is 0 Å². The Labute approximate surface area is 95.1 Å². The number of hydrogen-bond acceptors (Lipinski definition) is 2. The Morgan fingerprint density at radius 3 is 2.62 bits per heavy atom. The number of carbonyl (C=O) groups excluding carboxylic acids is 1. The van der Waals surface area contributed by atoms with Crippen LogP contribution in [-0.2, 0) is 4.79 Å². The van der Waals surface area contributed by atoms with Crippen LogP contribution in [0.1, 0.15) is 13.8 Å². The molecule has 3 atom stereocenters. The predicted molar refractivity (Wildman–Crippen MR) is 60.1 cm³/mol. The van der Waals surface area contributed by atoms with Crippen molar-refractivity contribution >= 4 is 12.0 Å². The summed E-state index contributed by atoms with van der Waals surface area (Å²) < 4.78 is 0. The third-order valence-corrected chi connectivity index (χ3v) is 2.92. The minimum Gasteiger partial charge on any atom is -0.481 e. The summed E-state index contributed by atoms with van der Waals surface area (Å²) in [5, 5.41) is 11.7. The number of rotatable bonds is 3. The molecular formula is C11H18N2O3. The standard InChI is InChI=1S/C11H18N2O3/c1-4-8(3)12-11(16)13-5-7(2)9(6-13)10(14)15/h4,7-9H,1,5-6H2,2-3H3,(H,12,16)(H,14,15). The molecule has 1 fully saturated rings.